The van der Waals surface area contributed by atoms with E-state index in [4.69, 9.17) is 5.73 Å². The van der Waals surface area contributed by atoms with Crippen molar-refractivity contribution < 1.29 is 0 Å². The molecule has 72 valence electrons. The molecule has 0 heterocycles. The highest BCUT2D eigenvalue weighted by molar-refractivity contribution is 5.53. The molecule has 13 heavy (non-hydrogen) atoms. The first-order valence-electron chi connectivity index (χ1n) is 4.69. The van der Waals surface area contributed by atoms with Gasteiger partial charge in [-0.25, -0.2) is 0 Å². The molecule has 0 saturated carbocycles. The fourth-order valence-corrected chi connectivity index (χ4v) is 1.34. The van der Waals surface area contributed by atoms with Crippen molar-refractivity contribution in [1.82, 2.24) is 0 Å². The van der Waals surface area contributed by atoms with Crippen molar-refractivity contribution in [2.45, 2.75) is 33.4 Å². The third kappa shape index (κ3) is 2.74. The van der Waals surface area contributed by atoms with Gasteiger partial charge in [-0.05, 0) is 32.4 Å². The van der Waals surface area contributed by atoms with E-state index in [1.54, 1.807) is 0 Å². The van der Waals surface area contributed by atoms with Crippen LogP contribution < -0.4 is 11.1 Å². The normalized spacial score (nSPS) is 10.5. The van der Waals surface area contributed by atoms with Gasteiger partial charge in [-0.2, -0.15) is 0 Å². The van der Waals surface area contributed by atoms with Crippen molar-refractivity contribution in [3.05, 3.63) is 29.3 Å². The van der Waals surface area contributed by atoms with Gasteiger partial charge in [0.1, 0.15) is 0 Å². The molecule has 0 bridgehead atoms. The quantitative estimate of drug-likeness (QED) is 0.745. The minimum atomic E-state index is 0.452. The van der Waals surface area contributed by atoms with E-state index in [9.17, 15) is 0 Å². The summed E-state index contributed by atoms with van der Waals surface area (Å²) in [7, 11) is 0. The molecule has 0 spiro atoms. The Balaban J connectivity index is 2.92. The molecule has 2 nitrogen and oxygen atoms in total. The van der Waals surface area contributed by atoms with Crippen molar-refractivity contribution in [2.24, 2.45) is 5.73 Å². The van der Waals surface area contributed by atoms with Gasteiger partial charge in [0.15, 0.2) is 0 Å². The smallest absolute Gasteiger partial charge is 0.0387 e. The van der Waals surface area contributed by atoms with Crippen LogP contribution in [0.3, 0.4) is 0 Å². The lowest BCUT2D eigenvalue weighted by molar-refractivity contribution is 0.892. The second kappa shape index (κ2) is 4.28. The molecule has 0 atom stereocenters. The van der Waals surface area contributed by atoms with Gasteiger partial charge in [0, 0.05) is 18.3 Å². The highest BCUT2D eigenvalue weighted by Gasteiger charge is 2.01. The molecule has 0 radical (unpaired) electrons. The fraction of sp³-hybridized carbons (Fsp3) is 0.455. The summed E-state index contributed by atoms with van der Waals surface area (Å²) in [6.45, 7) is 6.93. The van der Waals surface area contributed by atoms with Crippen LogP contribution in [0.15, 0.2) is 18.2 Å². The van der Waals surface area contributed by atoms with E-state index < -0.39 is 0 Å². The Kier molecular flexibility index (Phi) is 3.32. The molecule has 0 aromatic heterocycles. The summed E-state index contributed by atoms with van der Waals surface area (Å²) in [4.78, 5) is 0. The van der Waals surface area contributed by atoms with Crippen LogP contribution in [-0.4, -0.2) is 6.04 Å². The highest BCUT2D eigenvalue weighted by Crippen LogP contribution is 2.17. The molecule has 0 aliphatic rings. The van der Waals surface area contributed by atoms with Crippen LogP contribution >= 0.6 is 0 Å². The van der Waals surface area contributed by atoms with Crippen molar-refractivity contribution in [3.8, 4) is 0 Å². The fourth-order valence-electron chi connectivity index (χ4n) is 1.34. The average Bonchev–Trinajstić information content (AvgIpc) is 2.07. The Morgan fingerprint density at radius 1 is 1.38 bits per heavy atom. The van der Waals surface area contributed by atoms with Crippen LogP contribution in [0.2, 0.25) is 0 Å². The summed E-state index contributed by atoms with van der Waals surface area (Å²) in [5.41, 5.74) is 9.26. The SMILES string of the molecule is Cc1ccc(NC(C)C)c(CN)c1. The molecule has 0 unspecified atom stereocenters. The lowest BCUT2D eigenvalue weighted by atomic mass is 10.1. The van der Waals surface area contributed by atoms with Crippen LogP contribution in [-0.2, 0) is 6.54 Å². The highest BCUT2D eigenvalue weighted by atomic mass is 14.9. The van der Waals surface area contributed by atoms with Gasteiger partial charge in [-0.15, -0.1) is 0 Å². The number of nitrogens with two attached hydrogens (primary N) is 1. The molecule has 1 aromatic carbocycles. The van der Waals surface area contributed by atoms with Gasteiger partial charge in [0.2, 0.25) is 0 Å². The largest absolute Gasteiger partial charge is 0.383 e. The first-order valence-corrected chi connectivity index (χ1v) is 4.69. The summed E-state index contributed by atoms with van der Waals surface area (Å²) < 4.78 is 0. The molecule has 3 N–H and O–H groups in total. The van der Waals surface area contributed by atoms with Gasteiger partial charge in [-0.1, -0.05) is 17.7 Å². The van der Waals surface area contributed by atoms with Crippen molar-refractivity contribution in [1.29, 1.82) is 0 Å². The Morgan fingerprint density at radius 2 is 2.08 bits per heavy atom. The number of hydrogen-bond acceptors (Lipinski definition) is 2. The van der Waals surface area contributed by atoms with E-state index in [1.165, 1.54) is 11.1 Å². The molecule has 2 heteroatoms. The number of hydrogen-bond donors (Lipinski definition) is 2. The topological polar surface area (TPSA) is 38.0 Å². The average molecular weight is 178 g/mol. The van der Waals surface area contributed by atoms with Crippen LogP contribution in [0.4, 0.5) is 5.69 Å². The van der Waals surface area contributed by atoms with E-state index in [0.717, 1.165) is 5.69 Å². The van der Waals surface area contributed by atoms with Crippen LogP contribution in [0, 0.1) is 6.92 Å². The maximum absolute atomic E-state index is 5.66. The van der Waals surface area contributed by atoms with Crippen LogP contribution in [0.25, 0.3) is 0 Å². The second-order valence-electron chi connectivity index (χ2n) is 3.66. The molecule has 0 saturated heterocycles. The first-order chi connectivity index (χ1) is 6.13. The van der Waals surface area contributed by atoms with E-state index in [-0.39, 0.29) is 0 Å². The monoisotopic (exact) mass is 178 g/mol. The molecule has 0 amide bonds. The summed E-state index contributed by atoms with van der Waals surface area (Å²) in [6.07, 6.45) is 0. The minimum Gasteiger partial charge on any atom is -0.383 e. The predicted octanol–water partition coefficient (Wildman–Crippen LogP) is 2.27. The Hall–Kier alpha value is -1.02. The first kappa shape index (κ1) is 10.1. The summed E-state index contributed by atoms with van der Waals surface area (Å²) in [6, 6.07) is 6.78. The summed E-state index contributed by atoms with van der Waals surface area (Å²) in [5, 5.41) is 3.37. The van der Waals surface area contributed by atoms with Crippen molar-refractivity contribution in [3.63, 3.8) is 0 Å². The molecule has 1 aromatic rings. The molecule has 1 rings (SSSR count). The Bertz CT molecular complexity index is 279. The molecule has 0 fully saturated rings. The Labute approximate surface area is 80.1 Å². The van der Waals surface area contributed by atoms with Gasteiger partial charge in [0.25, 0.3) is 0 Å². The minimum absolute atomic E-state index is 0.452. The zero-order chi connectivity index (χ0) is 9.84. The van der Waals surface area contributed by atoms with Gasteiger partial charge < -0.3 is 11.1 Å². The predicted molar refractivity (Wildman–Crippen MR) is 57.8 cm³/mol. The van der Waals surface area contributed by atoms with E-state index in [1.807, 2.05) is 0 Å². The third-order valence-electron chi connectivity index (χ3n) is 1.92. The van der Waals surface area contributed by atoms with Crippen molar-refractivity contribution in [2.75, 3.05) is 5.32 Å². The van der Waals surface area contributed by atoms with Crippen LogP contribution in [0.1, 0.15) is 25.0 Å². The van der Waals surface area contributed by atoms with Gasteiger partial charge in [-0.3, -0.25) is 0 Å². The zero-order valence-corrected chi connectivity index (χ0v) is 8.59. The van der Waals surface area contributed by atoms with Gasteiger partial charge >= 0.3 is 0 Å². The van der Waals surface area contributed by atoms with Gasteiger partial charge in [0.05, 0.1) is 0 Å². The summed E-state index contributed by atoms with van der Waals surface area (Å²) >= 11 is 0. The van der Waals surface area contributed by atoms with E-state index in [2.05, 4.69) is 44.3 Å². The number of anilines is 1. The maximum Gasteiger partial charge on any atom is 0.0387 e. The standard InChI is InChI=1S/C11H18N2/c1-8(2)13-11-5-4-9(3)6-10(11)7-12/h4-6,8,13H,7,12H2,1-3H3. The second-order valence-corrected chi connectivity index (χ2v) is 3.66. The number of nitrogens with one attached hydrogen (secondary N) is 1. The van der Waals surface area contributed by atoms with Crippen molar-refractivity contribution >= 4 is 5.69 Å². The molecule has 0 aliphatic heterocycles. The lowest BCUT2D eigenvalue weighted by Crippen LogP contribution is -2.12. The molecular weight excluding hydrogens is 160 g/mol. The lowest BCUT2D eigenvalue weighted by Gasteiger charge is -2.14. The van der Waals surface area contributed by atoms with E-state index >= 15 is 0 Å². The molecular formula is C11H18N2. The number of benzene rings is 1. The summed E-state index contributed by atoms with van der Waals surface area (Å²) in [5.74, 6) is 0. The third-order valence-corrected chi connectivity index (χ3v) is 1.92. The molecule has 0 aliphatic carbocycles. The number of aryl methyl sites for hydroxylation is 1. The Morgan fingerprint density at radius 3 is 2.62 bits per heavy atom. The van der Waals surface area contributed by atoms with E-state index in [0.29, 0.717) is 12.6 Å². The maximum atomic E-state index is 5.66. The van der Waals surface area contributed by atoms with Crippen LogP contribution in [0.5, 0.6) is 0 Å². The zero-order valence-electron chi connectivity index (χ0n) is 8.59. The number of rotatable bonds is 3.